The second-order valence-electron chi connectivity index (χ2n) is 6.61. The topological polar surface area (TPSA) is 93.4 Å². The van der Waals surface area contributed by atoms with E-state index in [-0.39, 0.29) is 11.7 Å². The second-order valence-corrected chi connectivity index (χ2v) is 6.61. The molecule has 0 aliphatic carbocycles. The van der Waals surface area contributed by atoms with E-state index in [0.29, 0.717) is 36.8 Å². The van der Waals surface area contributed by atoms with E-state index >= 15 is 0 Å². The number of carbonyl (C=O) groups excluding carboxylic acids is 1. The van der Waals surface area contributed by atoms with Gasteiger partial charge in [0.1, 0.15) is 11.6 Å². The van der Waals surface area contributed by atoms with Gasteiger partial charge >= 0.3 is 0 Å². The summed E-state index contributed by atoms with van der Waals surface area (Å²) < 4.78 is 20.9. The molecule has 3 aromatic rings. The number of anilines is 1. The molecule has 8 nitrogen and oxygen atoms in total. The van der Waals surface area contributed by atoms with Crippen molar-refractivity contribution in [1.29, 1.82) is 0 Å². The minimum Gasteiger partial charge on any atom is -0.376 e. The minimum absolute atomic E-state index is 0.0207. The predicted octanol–water partition coefficient (Wildman–Crippen LogP) is 1.83. The van der Waals surface area contributed by atoms with Crippen molar-refractivity contribution in [3.05, 3.63) is 53.6 Å². The monoisotopic (exact) mass is 384 g/mol. The van der Waals surface area contributed by atoms with Crippen LogP contribution in [-0.2, 0) is 11.2 Å². The molecule has 3 heterocycles. The molecule has 2 aromatic heterocycles. The average Bonchev–Trinajstić information content (AvgIpc) is 3.36. The molecule has 1 saturated heterocycles. The molecule has 4 rings (SSSR count). The third-order valence-electron chi connectivity index (χ3n) is 4.61. The van der Waals surface area contributed by atoms with E-state index in [1.807, 2.05) is 12.1 Å². The Labute approximate surface area is 161 Å². The number of amides is 1. The van der Waals surface area contributed by atoms with Gasteiger partial charge < -0.3 is 15.4 Å². The van der Waals surface area contributed by atoms with Crippen molar-refractivity contribution in [2.24, 2.45) is 0 Å². The standard InChI is InChI=1S/C19H21FN6O2/c20-15-6-2-1-5-14(15)19(27)21-10-9-18-24-23-17-8-7-16(25-26(17)18)22-12-13-4-3-11-28-13/h1-2,5-8,13H,3-4,9-12H2,(H,21,27)(H,22,25). The number of nitrogens with zero attached hydrogens (tertiary/aromatic N) is 4. The lowest BCUT2D eigenvalue weighted by atomic mass is 10.2. The first kappa shape index (κ1) is 18.3. The summed E-state index contributed by atoms with van der Waals surface area (Å²) >= 11 is 0. The summed E-state index contributed by atoms with van der Waals surface area (Å²) in [7, 11) is 0. The molecule has 0 saturated carbocycles. The van der Waals surface area contributed by atoms with Crippen LogP contribution < -0.4 is 10.6 Å². The van der Waals surface area contributed by atoms with Gasteiger partial charge in [-0.3, -0.25) is 4.79 Å². The molecule has 2 N–H and O–H groups in total. The number of fused-ring (bicyclic) bond motifs is 1. The van der Waals surface area contributed by atoms with Crippen LogP contribution >= 0.6 is 0 Å². The molecule has 1 aliphatic heterocycles. The molecular formula is C19H21FN6O2. The van der Waals surface area contributed by atoms with E-state index in [1.165, 1.54) is 12.1 Å². The average molecular weight is 384 g/mol. The number of hydrogen-bond acceptors (Lipinski definition) is 6. The van der Waals surface area contributed by atoms with Crippen molar-refractivity contribution in [1.82, 2.24) is 25.1 Å². The Bertz CT molecular complexity index is 970. The normalized spacial score (nSPS) is 16.4. The van der Waals surface area contributed by atoms with E-state index in [9.17, 15) is 9.18 Å². The highest BCUT2D eigenvalue weighted by molar-refractivity contribution is 5.94. The molecule has 0 spiro atoms. The van der Waals surface area contributed by atoms with Gasteiger partial charge in [0.05, 0.1) is 11.7 Å². The molecule has 1 atom stereocenters. The zero-order valence-corrected chi connectivity index (χ0v) is 15.3. The van der Waals surface area contributed by atoms with Crippen molar-refractivity contribution in [3.63, 3.8) is 0 Å². The van der Waals surface area contributed by atoms with E-state index in [2.05, 4.69) is 25.9 Å². The summed E-state index contributed by atoms with van der Waals surface area (Å²) in [5.41, 5.74) is 0.644. The van der Waals surface area contributed by atoms with Crippen LogP contribution in [0.2, 0.25) is 0 Å². The molecule has 1 fully saturated rings. The van der Waals surface area contributed by atoms with E-state index in [1.54, 1.807) is 16.6 Å². The van der Waals surface area contributed by atoms with Crippen molar-refractivity contribution < 1.29 is 13.9 Å². The van der Waals surface area contributed by atoms with Gasteiger partial charge in [0.25, 0.3) is 5.91 Å². The number of hydrogen-bond donors (Lipinski definition) is 2. The number of nitrogens with one attached hydrogen (secondary N) is 2. The fourth-order valence-electron chi connectivity index (χ4n) is 3.14. The largest absolute Gasteiger partial charge is 0.376 e. The lowest BCUT2D eigenvalue weighted by Crippen LogP contribution is -2.27. The lowest BCUT2D eigenvalue weighted by Gasteiger charge is -2.11. The number of aromatic nitrogens is 4. The smallest absolute Gasteiger partial charge is 0.254 e. The fourth-order valence-corrected chi connectivity index (χ4v) is 3.14. The van der Waals surface area contributed by atoms with Crippen LogP contribution in [0, 0.1) is 5.82 Å². The Morgan fingerprint density at radius 1 is 1.25 bits per heavy atom. The molecular weight excluding hydrogens is 363 g/mol. The van der Waals surface area contributed by atoms with Crippen molar-refractivity contribution in [2.75, 3.05) is 25.0 Å². The zero-order chi connectivity index (χ0) is 19.3. The van der Waals surface area contributed by atoms with Gasteiger partial charge in [-0.1, -0.05) is 12.1 Å². The first-order valence-electron chi connectivity index (χ1n) is 9.30. The molecule has 146 valence electrons. The van der Waals surface area contributed by atoms with E-state index in [0.717, 1.165) is 19.4 Å². The fraction of sp³-hybridized carbons (Fsp3) is 0.368. The number of ether oxygens (including phenoxy) is 1. The number of carbonyl (C=O) groups is 1. The number of benzene rings is 1. The molecule has 1 unspecified atom stereocenters. The van der Waals surface area contributed by atoms with E-state index < -0.39 is 11.7 Å². The Balaban J connectivity index is 1.37. The van der Waals surface area contributed by atoms with Crippen LogP contribution in [0.15, 0.2) is 36.4 Å². The third kappa shape index (κ3) is 4.09. The maximum Gasteiger partial charge on any atom is 0.254 e. The molecule has 1 amide bonds. The van der Waals surface area contributed by atoms with E-state index in [4.69, 9.17) is 4.74 Å². The quantitative estimate of drug-likeness (QED) is 0.646. The molecule has 1 aliphatic rings. The highest BCUT2D eigenvalue weighted by Gasteiger charge is 2.16. The molecule has 0 radical (unpaired) electrons. The van der Waals surface area contributed by atoms with Crippen LogP contribution in [0.25, 0.3) is 5.65 Å². The summed E-state index contributed by atoms with van der Waals surface area (Å²) in [5.74, 6) is 0.319. The third-order valence-corrected chi connectivity index (χ3v) is 4.61. The van der Waals surface area contributed by atoms with Gasteiger partial charge in [0, 0.05) is 26.1 Å². The summed E-state index contributed by atoms with van der Waals surface area (Å²) in [5, 5.41) is 18.7. The lowest BCUT2D eigenvalue weighted by molar-refractivity contribution is 0.0950. The Kier molecular flexibility index (Phi) is 5.43. The first-order chi connectivity index (χ1) is 13.7. The number of halogens is 1. The van der Waals surface area contributed by atoms with Crippen LogP contribution in [0.5, 0.6) is 0 Å². The van der Waals surface area contributed by atoms with Crippen LogP contribution in [0.4, 0.5) is 10.2 Å². The van der Waals surface area contributed by atoms with Crippen LogP contribution in [0.1, 0.15) is 29.0 Å². The maximum atomic E-state index is 13.7. The summed E-state index contributed by atoms with van der Waals surface area (Å²) in [4.78, 5) is 12.1. The van der Waals surface area contributed by atoms with Gasteiger partial charge in [0.2, 0.25) is 0 Å². The van der Waals surface area contributed by atoms with Gasteiger partial charge in [0.15, 0.2) is 11.5 Å². The summed E-state index contributed by atoms with van der Waals surface area (Å²) in [6.07, 6.45) is 2.78. The van der Waals surface area contributed by atoms with Crippen LogP contribution in [0.3, 0.4) is 0 Å². The maximum absolute atomic E-state index is 13.7. The zero-order valence-electron chi connectivity index (χ0n) is 15.3. The molecule has 0 bridgehead atoms. The Morgan fingerprint density at radius 3 is 2.96 bits per heavy atom. The Morgan fingerprint density at radius 2 is 2.14 bits per heavy atom. The van der Waals surface area contributed by atoms with Crippen molar-refractivity contribution in [2.45, 2.75) is 25.4 Å². The minimum atomic E-state index is -0.545. The highest BCUT2D eigenvalue weighted by Crippen LogP contribution is 2.13. The number of rotatable bonds is 7. The highest BCUT2D eigenvalue weighted by atomic mass is 19.1. The van der Waals surface area contributed by atoms with Crippen molar-refractivity contribution >= 4 is 17.4 Å². The first-order valence-corrected chi connectivity index (χ1v) is 9.30. The summed E-state index contributed by atoms with van der Waals surface area (Å²) in [6, 6.07) is 9.56. The SMILES string of the molecule is O=C(NCCc1nnc2ccc(NCC3CCCO3)nn12)c1ccccc1F. The predicted molar refractivity (Wildman–Crippen MR) is 101 cm³/mol. The van der Waals surface area contributed by atoms with Gasteiger partial charge in [-0.25, -0.2) is 4.39 Å². The van der Waals surface area contributed by atoms with Crippen LogP contribution in [-0.4, -0.2) is 51.5 Å². The van der Waals surface area contributed by atoms with Gasteiger partial charge in [-0.05, 0) is 37.1 Å². The molecule has 28 heavy (non-hydrogen) atoms. The molecule has 1 aromatic carbocycles. The van der Waals surface area contributed by atoms with Gasteiger partial charge in [-0.2, -0.15) is 4.52 Å². The molecule has 9 heteroatoms. The summed E-state index contributed by atoms with van der Waals surface area (Å²) in [6.45, 7) is 1.81. The second kappa shape index (κ2) is 8.30. The van der Waals surface area contributed by atoms with Crippen molar-refractivity contribution in [3.8, 4) is 0 Å². The Hall–Kier alpha value is -3.07. The van der Waals surface area contributed by atoms with Gasteiger partial charge in [-0.15, -0.1) is 15.3 Å².